The molecule has 0 aromatic carbocycles. The van der Waals surface area contributed by atoms with Gasteiger partial charge in [-0.3, -0.25) is 15.6 Å². The topological polar surface area (TPSA) is 78.9 Å². The van der Waals surface area contributed by atoms with Gasteiger partial charge in [-0.15, -0.1) is 0 Å². The number of amides is 1. The van der Waals surface area contributed by atoms with E-state index in [1.165, 1.54) is 42.8 Å². The van der Waals surface area contributed by atoms with Crippen molar-refractivity contribution in [2.24, 2.45) is 0 Å². The second kappa shape index (κ2) is 10.0. The Balaban J connectivity index is 1.69. The second-order valence-electron chi connectivity index (χ2n) is 5.60. The summed E-state index contributed by atoms with van der Waals surface area (Å²) in [5, 5.41) is 5.23. The molecule has 0 unspecified atom stereocenters. The highest BCUT2D eigenvalue weighted by Crippen LogP contribution is 2.19. The molecule has 0 aliphatic heterocycles. The van der Waals surface area contributed by atoms with Crippen molar-refractivity contribution in [1.29, 1.82) is 0 Å². The molecular formula is C15H23N5OS3. The van der Waals surface area contributed by atoms with Crippen LogP contribution >= 0.6 is 35.7 Å². The van der Waals surface area contributed by atoms with Crippen LogP contribution in [0.5, 0.6) is 0 Å². The van der Waals surface area contributed by atoms with Crippen LogP contribution in [0.1, 0.15) is 37.8 Å². The second-order valence-corrected chi connectivity index (χ2v) is 7.78. The zero-order valence-corrected chi connectivity index (χ0v) is 16.4. The van der Waals surface area contributed by atoms with E-state index in [9.17, 15) is 4.79 Å². The number of carbonyl (C=O) groups is 1. The molecule has 1 heterocycles. The number of hydrogen-bond donors (Lipinski definition) is 3. The summed E-state index contributed by atoms with van der Waals surface area (Å²) in [4.78, 5) is 20.6. The van der Waals surface area contributed by atoms with Gasteiger partial charge < -0.3 is 5.32 Å². The molecule has 6 nitrogen and oxygen atoms in total. The lowest BCUT2D eigenvalue weighted by Crippen LogP contribution is -2.50. The number of thioether (sulfide) groups is 2. The van der Waals surface area contributed by atoms with Crippen molar-refractivity contribution in [3.63, 3.8) is 0 Å². The van der Waals surface area contributed by atoms with E-state index in [1.54, 1.807) is 0 Å². The third-order valence-electron chi connectivity index (χ3n) is 3.60. The Hall–Kier alpha value is -1.06. The Morgan fingerprint density at radius 2 is 2.04 bits per heavy atom. The summed E-state index contributed by atoms with van der Waals surface area (Å²) in [7, 11) is 0. The van der Waals surface area contributed by atoms with Crippen LogP contribution < -0.4 is 16.2 Å². The van der Waals surface area contributed by atoms with Gasteiger partial charge in [0.2, 0.25) is 5.91 Å². The maximum Gasteiger partial charge on any atom is 0.248 e. The number of thiocarbonyl (C=S) groups is 1. The molecular weight excluding hydrogens is 362 g/mol. The molecule has 0 bridgehead atoms. The third kappa shape index (κ3) is 6.82. The van der Waals surface area contributed by atoms with Crippen LogP contribution in [0.3, 0.4) is 0 Å². The van der Waals surface area contributed by atoms with Gasteiger partial charge in [-0.2, -0.15) is 0 Å². The highest BCUT2D eigenvalue weighted by molar-refractivity contribution is 8.00. The summed E-state index contributed by atoms with van der Waals surface area (Å²) < 4.78 is 0. The maximum atomic E-state index is 11.9. The van der Waals surface area contributed by atoms with Gasteiger partial charge in [0.15, 0.2) is 10.3 Å². The van der Waals surface area contributed by atoms with Gasteiger partial charge in [-0.05, 0) is 44.3 Å². The fourth-order valence-electron chi connectivity index (χ4n) is 2.45. The molecule has 9 heteroatoms. The highest BCUT2D eigenvalue weighted by Gasteiger charge is 2.14. The Morgan fingerprint density at radius 1 is 1.29 bits per heavy atom. The van der Waals surface area contributed by atoms with Crippen LogP contribution in [0.4, 0.5) is 0 Å². The molecule has 3 N–H and O–H groups in total. The lowest BCUT2D eigenvalue weighted by atomic mass is 9.96. The van der Waals surface area contributed by atoms with Crippen LogP contribution in [0.25, 0.3) is 0 Å². The molecule has 0 atom stereocenters. The number of rotatable bonds is 5. The number of carbonyl (C=O) groups excluding carboxylic acids is 1. The number of aromatic nitrogens is 2. The van der Waals surface area contributed by atoms with Crippen LogP contribution in [0.2, 0.25) is 0 Å². The van der Waals surface area contributed by atoms with Gasteiger partial charge >= 0.3 is 0 Å². The minimum Gasteiger partial charge on any atom is -0.359 e. The van der Waals surface area contributed by atoms with E-state index in [0.29, 0.717) is 16.3 Å². The molecule has 0 saturated heterocycles. The van der Waals surface area contributed by atoms with Crippen molar-refractivity contribution in [2.45, 2.75) is 55.3 Å². The van der Waals surface area contributed by atoms with E-state index in [1.807, 2.05) is 19.2 Å². The molecule has 24 heavy (non-hydrogen) atoms. The first kappa shape index (κ1) is 19.3. The summed E-state index contributed by atoms with van der Waals surface area (Å²) in [6, 6.07) is 2.29. The SMILES string of the molecule is CSc1nc(C)cc(SCC(=O)NNC(=S)NC2CCCCC2)n1. The Bertz CT molecular complexity index is 578. The van der Waals surface area contributed by atoms with Crippen molar-refractivity contribution < 1.29 is 4.79 Å². The number of hydrogen-bond acceptors (Lipinski definition) is 6. The predicted molar refractivity (Wildman–Crippen MR) is 103 cm³/mol. The largest absolute Gasteiger partial charge is 0.359 e. The molecule has 0 spiro atoms. The van der Waals surface area contributed by atoms with Crippen molar-refractivity contribution in [3.8, 4) is 0 Å². The number of nitrogens with zero attached hydrogens (tertiary/aromatic N) is 2. The number of hydrazine groups is 1. The fraction of sp³-hybridized carbons (Fsp3) is 0.600. The molecule has 1 aliphatic rings. The lowest BCUT2D eigenvalue weighted by Gasteiger charge is -2.24. The zero-order valence-electron chi connectivity index (χ0n) is 13.9. The first-order valence-corrected chi connectivity index (χ1v) is 10.6. The fourth-order valence-corrected chi connectivity index (χ4v) is 3.91. The van der Waals surface area contributed by atoms with Gasteiger partial charge in [0, 0.05) is 11.7 Å². The molecule has 1 aromatic heterocycles. The van der Waals surface area contributed by atoms with E-state index >= 15 is 0 Å². The summed E-state index contributed by atoms with van der Waals surface area (Å²) in [5.41, 5.74) is 6.29. The normalized spacial score (nSPS) is 14.9. The Kier molecular flexibility index (Phi) is 8.07. The zero-order chi connectivity index (χ0) is 17.4. The van der Waals surface area contributed by atoms with Crippen LogP contribution in [0.15, 0.2) is 16.2 Å². The minimum atomic E-state index is -0.144. The summed E-state index contributed by atoms with van der Waals surface area (Å²) in [6.07, 6.45) is 7.97. The van der Waals surface area contributed by atoms with Crippen molar-refractivity contribution in [2.75, 3.05) is 12.0 Å². The predicted octanol–water partition coefficient (Wildman–Crippen LogP) is 2.43. The smallest absolute Gasteiger partial charge is 0.248 e. The molecule has 1 amide bonds. The summed E-state index contributed by atoms with van der Waals surface area (Å²) >= 11 is 8.08. The molecule has 132 valence electrons. The maximum absolute atomic E-state index is 11.9. The third-order valence-corrected chi connectivity index (χ3v) is 5.28. The van der Waals surface area contributed by atoms with Gasteiger partial charge in [-0.25, -0.2) is 9.97 Å². The van der Waals surface area contributed by atoms with E-state index in [4.69, 9.17) is 12.2 Å². The summed E-state index contributed by atoms with van der Waals surface area (Å²) in [5.74, 6) is 0.123. The van der Waals surface area contributed by atoms with Gasteiger partial charge in [0.05, 0.1) is 5.75 Å². The number of aryl methyl sites for hydroxylation is 1. The van der Waals surface area contributed by atoms with Crippen LogP contribution in [-0.4, -0.2) is 39.0 Å². The van der Waals surface area contributed by atoms with Gasteiger partial charge in [0.25, 0.3) is 0 Å². The van der Waals surface area contributed by atoms with Crippen molar-refractivity contribution >= 4 is 46.8 Å². The van der Waals surface area contributed by atoms with Crippen LogP contribution in [0, 0.1) is 6.92 Å². The first-order valence-electron chi connectivity index (χ1n) is 7.94. The van der Waals surface area contributed by atoms with Crippen molar-refractivity contribution in [1.82, 2.24) is 26.1 Å². The minimum absolute atomic E-state index is 0.144. The first-order chi connectivity index (χ1) is 11.6. The molecule has 1 aliphatic carbocycles. The highest BCUT2D eigenvalue weighted by atomic mass is 32.2. The van der Waals surface area contributed by atoms with E-state index in [-0.39, 0.29) is 11.7 Å². The average molecular weight is 386 g/mol. The molecule has 1 fully saturated rings. The van der Waals surface area contributed by atoms with E-state index in [0.717, 1.165) is 23.6 Å². The van der Waals surface area contributed by atoms with E-state index in [2.05, 4.69) is 26.1 Å². The lowest BCUT2D eigenvalue weighted by molar-refractivity contribution is -0.119. The summed E-state index contributed by atoms with van der Waals surface area (Å²) in [6.45, 7) is 1.92. The Labute approximate surface area is 156 Å². The quantitative estimate of drug-likeness (QED) is 0.234. The van der Waals surface area contributed by atoms with Gasteiger partial charge in [-0.1, -0.05) is 42.8 Å². The molecule has 0 radical (unpaired) electrons. The van der Waals surface area contributed by atoms with Gasteiger partial charge in [0.1, 0.15) is 5.03 Å². The standard InChI is InChI=1S/C15H23N5OS3/c1-10-8-13(18-15(16-10)23-2)24-9-12(21)19-20-14(22)17-11-6-4-3-5-7-11/h8,11H,3-7,9H2,1-2H3,(H,19,21)(H2,17,20,22). The average Bonchev–Trinajstić information content (AvgIpc) is 2.58. The molecule has 2 rings (SSSR count). The van der Waals surface area contributed by atoms with E-state index < -0.39 is 0 Å². The van der Waals surface area contributed by atoms with Crippen LogP contribution in [-0.2, 0) is 4.79 Å². The molecule has 1 saturated carbocycles. The van der Waals surface area contributed by atoms with Crippen molar-refractivity contribution in [3.05, 3.63) is 11.8 Å². The number of nitrogens with one attached hydrogen (secondary N) is 3. The Morgan fingerprint density at radius 3 is 2.75 bits per heavy atom. The molecule has 1 aromatic rings. The monoisotopic (exact) mass is 385 g/mol.